The van der Waals surface area contributed by atoms with Crippen LogP contribution in [0.2, 0.25) is 0 Å². The summed E-state index contributed by atoms with van der Waals surface area (Å²) in [5.41, 5.74) is 4.36. The zero-order valence-electron chi connectivity index (χ0n) is 18.5. The Balaban J connectivity index is 1.22. The van der Waals surface area contributed by atoms with Gasteiger partial charge in [-0.1, -0.05) is 6.07 Å². The largest absolute Gasteiger partial charge is 0.482 e. The number of aryl methyl sites for hydroxylation is 1. The lowest BCUT2D eigenvalue weighted by Crippen LogP contribution is -2.47. The van der Waals surface area contributed by atoms with Crippen LogP contribution < -0.4 is 14.5 Å². The molecule has 1 fully saturated rings. The van der Waals surface area contributed by atoms with Crippen molar-refractivity contribution >= 4 is 28.2 Å². The van der Waals surface area contributed by atoms with Gasteiger partial charge < -0.3 is 14.5 Å². The molecule has 0 bridgehead atoms. The Morgan fingerprint density at radius 3 is 2.66 bits per heavy atom. The minimum absolute atomic E-state index is 0.0237. The Labute approximate surface area is 187 Å². The van der Waals surface area contributed by atoms with Gasteiger partial charge >= 0.3 is 0 Å². The van der Waals surface area contributed by atoms with Crippen molar-refractivity contribution in [3.63, 3.8) is 0 Å². The maximum absolute atomic E-state index is 14.3. The van der Waals surface area contributed by atoms with Gasteiger partial charge in [0.15, 0.2) is 6.61 Å². The van der Waals surface area contributed by atoms with E-state index in [1.807, 2.05) is 31.2 Å². The molecule has 7 heteroatoms. The van der Waals surface area contributed by atoms with Gasteiger partial charge in [0.05, 0.1) is 5.69 Å². The summed E-state index contributed by atoms with van der Waals surface area (Å²) in [5.74, 6) is 0.471. The number of piperazine rings is 1. The number of carbonyl (C=O) groups excluding carboxylic acids is 1. The standard InChI is InChI=1S/C25H27FN4O2/c1-17-3-5-19-21(7-6-20(26)25(19)27-17)30-13-11-29(12-14-30)10-9-18-4-8-23-22(15-18)28(2)24(31)16-32-23/h3-8,15H,9-14,16H2,1-2H3. The highest BCUT2D eigenvalue weighted by molar-refractivity contribution is 5.97. The van der Waals surface area contributed by atoms with Crippen molar-refractivity contribution < 1.29 is 13.9 Å². The van der Waals surface area contributed by atoms with Gasteiger partial charge in [0.1, 0.15) is 17.1 Å². The fraction of sp³-hybridized carbons (Fsp3) is 0.360. The van der Waals surface area contributed by atoms with E-state index in [1.54, 1.807) is 11.9 Å². The van der Waals surface area contributed by atoms with Crippen molar-refractivity contribution in [1.29, 1.82) is 0 Å². The smallest absolute Gasteiger partial charge is 0.264 e. The molecule has 0 saturated carbocycles. The summed E-state index contributed by atoms with van der Waals surface area (Å²) in [6, 6.07) is 13.4. The molecular formula is C25H27FN4O2. The lowest BCUT2D eigenvalue weighted by atomic mass is 10.1. The van der Waals surface area contributed by atoms with Gasteiger partial charge in [0, 0.05) is 56.5 Å². The topological polar surface area (TPSA) is 48.9 Å². The molecule has 1 aromatic heterocycles. The monoisotopic (exact) mass is 434 g/mol. The van der Waals surface area contributed by atoms with Gasteiger partial charge in [-0.2, -0.15) is 0 Å². The average Bonchev–Trinajstić information content (AvgIpc) is 2.81. The number of aromatic nitrogens is 1. The Morgan fingerprint density at radius 1 is 1.03 bits per heavy atom. The predicted octanol–water partition coefficient (Wildman–Crippen LogP) is 3.40. The maximum Gasteiger partial charge on any atom is 0.264 e. The van der Waals surface area contributed by atoms with Crippen molar-refractivity contribution in [3.8, 4) is 5.75 Å². The van der Waals surface area contributed by atoms with E-state index in [4.69, 9.17) is 4.74 Å². The number of halogens is 1. The molecule has 2 aliphatic rings. The van der Waals surface area contributed by atoms with E-state index in [0.29, 0.717) is 5.52 Å². The molecule has 1 amide bonds. The number of amides is 1. The SMILES string of the molecule is Cc1ccc2c(N3CCN(CCc4ccc5c(c4)N(C)C(=O)CO5)CC3)ccc(F)c2n1. The number of rotatable bonds is 4. The van der Waals surface area contributed by atoms with Crippen LogP contribution in [0.15, 0.2) is 42.5 Å². The van der Waals surface area contributed by atoms with Crippen molar-refractivity contribution in [2.75, 3.05) is 56.2 Å². The molecular weight excluding hydrogens is 407 g/mol. The van der Waals surface area contributed by atoms with Crippen molar-refractivity contribution in [2.24, 2.45) is 0 Å². The normalized spacial score (nSPS) is 16.9. The predicted molar refractivity (Wildman–Crippen MR) is 124 cm³/mol. The number of likely N-dealkylation sites (N-methyl/N-ethyl adjacent to an activating group) is 1. The molecule has 0 atom stereocenters. The van der Waals surface area contributed by atoms with E-state index < -0.39 is 0 Å². The first kappa shape index (κ1) is 20.7. The molecule has 5 rings (SSSR count). The summed E-state index contributed by atoms with van der Waals surface area (Å²) >= 11 is 0. The number of benzene rings is 2. The summed E-state index contributed by atoms with van der Waals surface area (Å²) in [6.07, 6.45) is 0.915. The third-order valence-corrected chi connectivity index (χ3v) is 6.46. The number of fused-ring (bicyclic) bond motifs is 2. The van der Waals surface area contributed by atoms with Gasteiger partial charge in [-0.05, 0) is 55.3 Å². The number of hydrogen-bond acceptors (Lipinski definition) is 5. The van der Waals surface area contributed by atoms with Crippen LogP contribution >= 0.6 is 0 Å². The van der Waals surface area contributed by atoms with Gasteiger partial charge in [-0.15, -0.1) is 0 Å². The number of pyridine rings is 1. The minimum atomic E-state index is -0.270. The number of carbonyl (C=O) groups is 1. The molecule has 3 aromatic rings. The van der Waals surface area contributed by atoms with Crippen LogP contribution in [0.3, 0.4) is 0 Å². The van der Waals surface area contributed by atoms with E-state index >= 15 is 0 Å². The van der Waals surface area contributed by atoms with Gasteiger partial charge in [-0.25, -0.2) is 9.37 Å². The van der Waals surface area contributed by atoms with E-state index in [9.17, 15) is 9.18 Å². The molecule has 0 unspecified atom stereocenters. The molecule has 0 radical (unpaired) electrons. The van der Waals surface area contributed by atoms with Crippen molar-refractivity contribution in [3.05, 3.63) is 59.5 Å². The molecule has 6 nitrogen and oxygen atoms in total. The number of ether oxygens (including phenoxy) is 1. The number of hydrogen-bond donors (Lipinski definition) is 0. The number of anilines is 2. The Morgan fingerprint density at radius 2 is 1.84 bits per heavy atom. The highest BCUT2D eigenvalue weighted by Gasteiger charge is 2.23. The molecule has 166 valence electrons. The molecule has 0 aliphatic carbocycles. The molecule has 0 spiro atoms. The van der Waals surface area contributed by atoms with Crippen molar-refractivity contribution in [1.82, 2.24) is 9.88 Å². The van der Waals surface area contributed by atoms with Crippen LogP contribution in [0, 0.1) is 12.7 Å². The van der Waals surface area contributed by atoms with Crippen LogP contribution in [0.4, 0.5) is 15.8 Å². The van der Waals surface area contributed by atoms with Gasteiger partial charge in [0.25, 0.3) is 5.91 Å². The zero-order valence-corrected chi connectivity index (χ0v) is 18.5. The molecule has 32 heavy (non-hydrogen) atoms. The second-order valence-electron chi connectivity index (χ2n) is 8.54. The number of nitrogens with zero attached hydrogens (tertiary/aromatic N) is 4. The van der Waals surface area contributed by atoms with Crippen LogP contribution in [-0.4, -0.2) is 62.2 Å². The first-order chi connectivity index (χ1) is 15.5. The van der Waals surface area contributed by atoms with E-state index in [1.165, 1.54) is 11.6 Å². The third kappa shape index (κ3) is 3.88. The zero-order chi connectivity index (χ0) is 22.2. The summed E-state index contributed by atoms with van der Waals surface area (Å²) in [4.78, 5) is 22.8. The van der Waals surface area contributed by atoms with Crippen LogP contribution in [-0.2, 0) is 11.2 Å². The Hall–Kier alpha value is -3.19. The van der Waals surface area contributed by atoms with E-state index in [2.05, 4.69) is 26.9 Å². The summed E-state index contributed by atoms with van der Waals surface area (Å²) < 4.78 is 19.8. The Bertz CT molecular complexity index is 1170. The van der Waals surface area contributed by atoms with Crippen LogP contribution in [0.5, 0.6) is 5.75 Å². The summed E-state index contributed by atoms with van der Waals surface area (Å²) in [5, 5.41) is 0.874. The minimum Gasteiger partial charge on any atom is -0.482 e. The molecule has 2 aliphatic heterocycles. The van der Waals surface area contributed by atoms with Gasteiger partial charge in [0.2, 0.25) is 0 Å². The lowest BCUT2D eigenvalue weighted by molar-refractivity contribution is -0.120. The first-order valence-electron chi connectivity index (χ1n) is 11.0. The maximum atomic E-state index is 14.3. The average molecular weight is 435 g/mol. The quantitative estimate of drug-likeness (QED) is 0.630. The molecule has 1 saturated heterocycles. The van der Waals surface area contributed by atoms with Crippen LogP contribution in [0.1, 0.15) is 11.3 Å². The van der Waals surface area contributed by atoms with Crippen molar-refractivity contribution in [2.45, 2.75) is 13.3 Å². The summed E-state index contributed by atoms with van der Waals surface area (Å²) in [7, 11) is 1.79. The summed E-state index contributed by atoms with van der Waals surface area (Å²) in [6.45, 7) is 6.63. The lowest BCUT2D eigenvalue weighted by Gasteiger charge is -2.36. The highest BCUT2D eigenvalue weighted by atomic mass is 19.1. The Kier molecular flexibility index (Phi) is 5.43. The van der Waals surface area contributed by atoms with Crippen LogP contribution in [0.25, 0.3) is 10.9 Å². The fourth-order valence-corrected chi connectivity index (χ4v) is 4.51. The fourth-order valence-electron chi connectivity index (χ4n) is 4.51. The molecule has 2 aromatic carbocycles. The van der Waals surface area contributed by atoms with E-state index in [0.717, 1.165) is 67.3 Å². The second-order valence-corrected chi connectivity index (χ2v) is 8.54. The first-order valence-corrected chi connectivity index (χ1v) is 11.0. The molecule has 3 heterocycles. The highest BCUT2D eigenvalue weighted by Crippen LogP contribution is 2.32. The van der Waals surface area contributed by atoms with Gasteiger partial charge in [-0.3, -0.25) is 9.69 Å². The third-order valence-electron chi connectivity index (χ3n) is 6.46. The second kappa shape index (κ2) is 8.39. The molecule has 0 N–H and O–H groups in total. The van der Waals surface area contributed by atoms with E-state index in [-0.39, 0.29) is 18.3 Å².